The number of hydrogen-bond donors (Lipinski definition) is 2. The molecule has 1 aromatic heterocycles. The summed E-state index contributed by atoms with van der Waals surface area (Å²) in [7, 11) is 0. The van der Waals surface area contributed by atoms with Gasteiger partial charge >= 0.3 is 0 Å². The van der Waals surface area contributed by atoms with Crippen LogP contribution in [-0.4, -0.2) is 21.7 Å². The van der Waals surface area contributed by atoms with Crippen molar-refractivity contribution in [2.45, 2.75) is 0 Å². The molecule has 2 N–H and O–H groups in total. The topological polar surface area (TPSA) is 114 Å². The predicted molar refractivity (Wildman–Crippen MR) is 107 cm³/mol. The Morgan fingerprint density at radius 1 is 1.11 bits per heavy atom. The molecule has 0 atom stereocenters. The quantitative estimate of drug-likeness (QED) is 0.373. The number of anilines is 2. The fourth-order valence-corrected chi connectivity index (χ4v) is 2.78. The molecule has 0 fully saturated rings. The molecule has 0 saturated carbocycles. The third kappa shape index (κ3) is 5.08. The van der Waals surface area contributed by atoms with Crippen molar-refractivity contribution in [3.63, 3.8) is 0 Å². The van der Waals surface area contributed by atoms with Crippen molar-refractivity contribution in [2.24, 2.45) is 0 Å². The first-order valence-electron chi connectivity index (χ1n) is 8.06. The Hall–Kier alpha value is -3.85. The van der Waals surface area contributed by atoms with Gasteiger partial charge in [-0.25, -0.2) is 4.98 Å². The van der Waals surface area contributed by atoms with Crippen LogP contribution < -0.4 is 10.6 Å². The van der Waals surface area contributed by atoms with Gasteiger partial charge in [0.2, 0.25) is 5.91 Å². The van der Waals surface area contributed by atoms with E-state index in [1.54, 1.807) is 48.0 Å². The van der Waals surface area contributed by atoms with Crippen LogP contribution in [0.1, 0.15) is 15.9 Å². The maximum Gasteiger partial charge on any atom is 0.270 e. The van der Waals surface area contributed by atoms with Crippen LogP contribution >= 0.6 is 11.3 Å². The van der Waals surface area contributed by atoms with E-state index in [9.17, 15) is 19.7 Å². The molecular formula is C19H14N4O4S. The highest BCUT2D eigenvalue weighted by molar-refractivity contribution is 7.13. The van der Waals surface area contributed by atoms with E-state index in [1.165, 1.54) is 35.6 Å². The molecule has 9 heteroatoms. The summed E-state index contributed by atoms with van der Waals surface area (Å²) in [5.74, 6) is -0.690. The molecule has 3 rings (SSSR count). The second-order valence-corrected chi connectivity index (χ2v) is 6.44. The van der Waals surface area contributed by atoms with Crippen molar-refractivity contribution in [1.29, 1.82) is 0 Å². The highest BCUT2D eigenvalue weighted by Crippen LogP contribution is 2.16. The van der Waals surface area contributed by atoms with E-state index in [-0.39, 0.29) is 11.6 Å². The summed E-state index contributed by atoms with van der Waals surface area (Å²) in [5, 5.41) is 18.4. The Kier molecular flexibility index (Phi) is 5.87. The van der Waals surface area contributed by atoms with Crippen LogP contribution in [0.15, 0.2) is 66.2 Å². The van der Waals surface area contributed by atoms with Crippen LogP contribution in [0.3, 0.4) is 0 Å². The molecule has 8 nitrogen and oxygen atoms in total. The Bertz CT molecular complexity index is 1030. The summed E-state index contributed by atoms with van der Waals surface area (Å²) in [6, 6.07) is 12.3. The van der Waals surface area contributed by atoms with Gasteiger partial charge in [-0.1, -0.05) is 12.1 Å². The standard InChI is InChI=1S/C19H14N4O4S/c24-17(9-4-13-2-1-3-16(12-13)23(26)27)21-15-7-5-14(6-8-15)18(25)22-19-20-10-11-28-19/h1-12H,(H,21,24)(H,20,22,25)/b9-4+. The number of nitrogens with one attached hydrogen (secondary N) is 2. The smallest absolute Gasteiger partial charge is 0.270 e. The van der Waals surface area contributed by atoms with Crippen LogP contribution in [0.4, 0.5) is 16.5 Å². The Labute approximate surface area is 163 Å². The van der Waals surface area contributed by atoms with Crippen LogP contribution in [0.2, 0.25) is 0 Å². The number of benzene rings is 2. The minimum Gasteiger partial charge on any atom is -0.323 e. The van der Waals surface area contributed by atoms with E-state index < -0.39 is 10.8 Å². The molecule has 0 radical (unpaired) electrons. The molecule has 0 bridgehead atoms. The van der Waals surface area contributed by atoms with Crippen molar-refractivity contribution in [2.75, 3.05) is 10.6 Å². The van der Waals surface area contributed by atoms with E-state index in [1.807, 2.05) is 0 Å². The van der Waals surface area contributed by atoms with Crippen LogP contribution in [0, 0.1) is 10.1 Å². The molecule has 0 unspecified atom stereocenters. The largest absolute Gasteiger partial charge is 0.323 e. The van der Waals surface area contributed by atoms with Crippen molar-refractivity contribution in [3.05, 3.63) is 87.4 Å². The summed E-state index contributed by atoms with van der Waals surface area (Å²) < 4.78 is 0. The van der Waals surface area contributed by atoms with Gasteiger partial charge in [0.25, 0.3) is 11.6 Å². The molecule has 3 aromatic rings. The highest BCUT2D eigenvalue weighted by Gasteiger charge is 2.08. The Morgan fingerprint density at radius 2 is 1.89 bits per heavy atom. The molecule has 2 aromatic carbocycles. The maximum absolute atomic E-state index is 12.1. The second kappa shape index (κ2) is 8.69. The molecular weight excluding hydrogens is 380 g/mol. The summed E-state index contributed by atoms with van der Waals surface area (Å²) in [5.41, 5.74) is 1.44. The number of aromatic nitrogens is 1. The fraction of sp³-hybridized carbons (Fsp3) is 0. The molecule has 0 aliphatic rings. The molecule has 0 aliphatic heterocycles. The van der Waals surface area contributed by atoms with Gasteiger partial charge in [0.05, 0.1) is 4.92 Å². The molecule has 140 valence electrons. The third-order valence-corrected chi connectivity index (χ3v) is 4.26. The maximum atomic E-state index is 12.1. The summed E-state index contributed by atoms with van der Waals surface area (Å²) in [6.45, 7) is 0. The average Bonchev–Trinajstić information content (AvgIpc) is 3.20. The van der Waals surface area contributed by atoms with Gasteiger partial charge in [-0.05, 0) is 35.9 Å². The lowest BCUT2D eigenvalue weighted by Gasteiger charge is -2.05. The van der Waals surface area contributed by atoms with Crippen LogP contribution in [0.25, 0.3) is 6.08 Å². The lowest BCUT2D eigenvalue weighted by molar-refractivity contribution is -0.384. The van der Waals surface area contributed by atoms with Gasteiger partial charge in [-0.2, -0.15) is 0 Å². The first kappa shape index (κ1) is 18.9. The number of rotatable bonds is 6. The number of nitro benzene ring substituents is 1. The van der Waals surface area contributed by atoms with Crippen LogP contribution in [-0.2, 0) is 4.79 Å². The van der Waals surface area contributed by atoms with Gasteiger partial charge in [0.15, 0.2) is 5.13 Å². The summed E-state index contributed by atoms with van der Waals surface area (Å²) in [6.07, 6.45) is 4.36. The summed E-state index contributed by atoms with van der Waals surface area (Å²) >= 11 is 1.32. The Balaban J connectivity index is 1.59. The van der Waals surface area contributed by atoms with Crippen molar-refractivity contribution in [1.82, 2.24) is 4.98 Å². The normalized spacial score (nSPS) is 10.6. The first-order chi connectivity index (χ1) is 13.5. The van der Waals surface area contributed by atoms with E-state index in [2.05, 4.69) is 15.6 Å². The van der Waals surface area contributed by atoms with Gasteiger partial charge in [0, 0.05) is 41.0 Å². The van der Waals surface area contributed by atoms with Crippen molar-refractivity contribution >= 4 is 45.7 Å². The SMILES string of the molecule is O=C(/C=C/c1cccc([N+](=O)[O-])c1)Nc1ccc(C(=O)Nc2nccs2)cc1. The number of carbonyl (C=O) groups is 2. The van der Waals surface area contributed by atoms with Gasteiger partial charge in [-0.15, -0.1) is 11.3 Å². The zero-order valence-electron chi connectivity index (χ0n) is 14.4. The number of carbonyl (C=O) groups excluding carboxylic acids is 2. The highest BCUT2D eigenvalue weighted by atomic mass is 32.1. The minimum atomic E-state index is -0.496. The van der Waals surface area contributed by atoms with E-state index >= 15 is 0 Å². The monoisotopic (exact) mass is 394 g/mol. The number of nitrogens with zero attached hydrogens (tertiary/aromatic N) is 2. The zero-order chi connectivity index (χ0) is 19.9. The number of nitro groups is 1. The predicted octanol–water partition coefficient (Wildman–Crippen LogP) is 3.96. The lowest BCUT2D eigenvalue weighted by Crippen LogP contribution is -2.12. The number of amides is 2. The number of hydrogen-bond acceptors (Lipinski definition) is 6. The average molecular weight is 394 g/mol. The van der Waals surface area contributed by atoms with E-state index in [4.69, 9.17) is 0 Å². The molecule has 28 heavy (non-hydrogen) atoms. The number of thiazole rings is 1. The third-order valence-electron chi connectivity index (χ3n) is 3.58. The fourth-order valence-electron chi connectivity index (χ4n) is 2.26. The minimum absolute atomic E-state index is 0.0471. The summed E-state index contributed by atoms with van der Waals surface area (Å²) in [4.78, 5) is 38.4. The Morgan fingerprint density at radius 3 is 2.57 bits per heavy atom. The van der Waals surface area contributed by atoms with Crippen molar-refractivity contribution < 1.29 is 14.5 Å². The molecule has 0 saturated heterocycles. The first-order valence-corrected chi connectivity index (χ1v) is 8.94. The number of non-ortho nitro benzene ring substituents is 1. The van der Waals surface area contributed by atoms with E-state index in [0.717, 1.165) is 0 Å². The van der Waals surface area contributed by atoms with Crippen molar-refractivity contribution in [3.8, 4) is 0 Å². The molecule has 0 spiro atoms. The van der Waals surface area contributed by atoms with Crippen LogP contribution in [0.5, 0.6) is 0 Å². The van der Waals surface area contributed by atoms with E-state index in [0.29, 0.717) is 21.9 Å². The second-order valence-electron chi connectivity index (χ2n) is 5.54. The van der Waals surface area contributed by atoms with Gasteiger partial charge in [0.1, 0.15) is 0 Å². The molecule has 1 heterocycles. The van der Waals surface area contributed by atoms with Gasteiger partial charge < -0.3 is 5.32 Å². The molecule has 0 aliphatic carbocycles. The van der Waals surface area contributed by atoms with Gasteiger partial charge in [-0.3, -0.25) is 25.0 Å². The lowest BCUT2D eigenvalue weighted by atomic mass is 10.2. The molecule has 2 amide bonds. The zero-order valence-corrected chi connectivity index (χ0v) is 15.2.